The average molecular weight is 465 g/mol. The van der Waals surface area contributed by atoms with Crippen LogP contribution in [0.3, 0.4) is 0 Å². The first-order valence-electron chi connectivity index (χ1n) is 15.5. The molecule has 1 unspecified atom stereocenters. The molecule has 1 atom stereocenters. The highest BCUT2D eigenvalue weighted by molar-refractivity contribution is 5.47. The van der Waals surface area contributed by atoms with Gasteiger partial charge in [-0.3, -0.25) is 0 Å². The molecule has 2 aromatic carbocycles. The van der Waals surface area contributed by atoms with Crippen LogP contribution in [-0.2, 0) is 11.8 Å². The van der Waals surface area contributed by atoms with Crippen molar-refractivity contribution in [2.75, 3.05) is 48.4 Å². The predicted molar refractivity (Wildman–Crippen MR) is 132 cm³/mol. The van der Waals surface area contributed by atoms with Crippen LogP contribution in [0.5, 0.6) is 23.0 Å². The lowest BCUT2D eigenvalue weighted by molar-refractivity contribution is 0.292. The molecular weight excluding hydrogens is 416 g/mol. The van der Waals surface area contributed by atoms with Crippen molar-refractivity contribution in [1.29, 1.82) is 5.26 Å². The van der Waals surface area contributed by atoms with E-state index >= 15 is 0 Å². The Morgan fingerprint density at radius 3 is 2.27 bits per heavy atom. The molecule has 180 valence electrons. The molecule has 0 heterocycles. The first-order chi connectivity index (χ1) is 19.6. The Kier molecular flexibility index (Phi) is 5.65. The van der Waals surface area contributed by atoms with Gasteiger partial charge in [0.1, 0.15) is 0 Å². The summed E-state index contributed by atoms with van der Waals surface area (Å²) < 4.78 is 99.7. The van der Waals surface area contributed by atoms with Crippen LogP contribution in [0.1, 0.15) is 51.5 Å². The summed E-state index contributed by atoms with van der Waals surface area (Å²) in [5.74, 6) is -0.350. The van der Waals surface area contributed by atoms with Gasteiger partial charge in [0, 0.05) is 12.0 Å². The van der Waals surface area contributed by atoms with Crippen molar-refractivity contribution in [3.8, 4) is 29.1 Å². The molecule has 0 saturated carbocycles. The van der Waals surface area contributed by atoms with Crippen LogP contribution in [0.25, 0.3) is 0 Å². The maximum absolute atomic E-state index is 10.4. The Hall–Kier alpha value is -2.91. The first kappa shape index (κ1) is 15.1. The number of rotatable bonds is 13. The van der Waals surface area contributed by atoms with Crippen LogP contribution in [0.15, 0.2) is 36.4 Å². The Morgan fingerprint density at radius 2 is 1.64 bits per heavy atom. The van der Waals surface area contributed by atoms with Gasteiger partial charge in [0.25, 0.3) is 0 Å². The molecule has 0 aromatic heterocycles. The maximum atomic E-state index is 10.4. The molecule has 6 heteroatoms. The number of nitriles is 1. The van der Waals surface area contributed by atoms with Gasteiger partial charge in [-0.25, -0.2) is 0 Å². The van der Waals surface area contributed by atoms with Crippen LogP contribution < -0.4 is 18.9 Å². The lowest BCUT2D eigenvalue weighted by Crippen LogP contribution is -2.32. The van der Waals surface area contributed by atoms with Gasteiger partial charge in [-0.15, -0.1) is 0 Å². The van der Waals surface area contributed by atoms with Crippen molar-refractivity contribution >= 4 is 0 Å². The first-order valence-corrected chi connectivity index (χ1v) is 10.5. The number of methoxy groups -OCH3 is 4. The molecule has 0 aliphatic rings. The van der Waals surface area contributed by atoms with Gasteiger partial charge in [-0.1, -0.05) is 26.0 Å². The minimum absolute atomic E-state index is 0.0525. The molecule has 0 bridgehead atoms. The topological polar surface area (TPSA) is 64.0 Å². The summed E-state index contributed by atoms with van der Waals surface area (Å²) in [5, 5.41) is 10.4. The van der Waals surface area contributed by atoms with Gasteiger partial charge in [-0.2, -0.15) is 5.26 Å². The monoisotopic (exact) mass is 464 g/mol. The molecular formula is C27H38N2O4. The molecule has 0 amide bonds. The highest BCUT2D eigenvalue weighted by atomic mass is 16.5. The molecule has 0 N–H and O–H groups in total. The van der Waals surface area contributed by atoms with Gasteiger partial charge in [0.2, 0.25) is 0 Å². The van der Waals surface area contributed by atoms with Gasteiger partial charge >= 0.3 is 0 Å². The number of hydrogen-bond donors (Lipinski definition) is 0. The summed E-state index contributed by atoms with van der Waals surface area (Å²) in [4.78, 5) is 1.24. The fourth-order valence-electron chi connectivity index (χ4n) is 3.69. The quantitative estimate of drug-likeness (QED) is 0.411. The predicted octanol–water partition coefficient (Wildman–Crippen LogP) is 5.09. The molecule has 2 aromatic rings. The minimum Gasteiger partial charge on any atom is -0.493 e. The summed E-state index contributed by atoms with van der Waals surface area (Å²) in [6.45, 7) is 1.20. The summed E-state index contributed by atoms with van der Waals surface area (Å²) >= 11 is 0. The lowest BCUT2D eigenvalue weighted by atomic mass is 9.69. The molecule has 0 spiro atoms. The van der Waals surface area contributed by atoms with Crippen LogP contribution in [-0.4, -0.2) is 53.3 Å². The van der Waals surface area contributed by atoms with Gasteiger partial charge in [0.15, 0.2) is 23.0 Å². The smallest absolute Gasteiger partial charge is 0.161 e. The number of aryl methyl sites for hydroxylation is 1. The number of nitrogens with zero attached hydrogens (tertiary/aromatic N) is 2. The fourth-order valence-corrected chi connectivity index (χ4v) is 3.69. The number of ether oxygens (including phenoxy) is 4. The van der Waals surface area contributed by atoms with E-state index < -0.39 is 32.4 Å². The van der Waals surface area contributed by atoms with E-state index in [-0.39, 0.29) is 48.1 Å². The summed E-state index contributed by atoms with van der Waals surface area (Å²) in [5.41, 5.74) is -0.786. The lowest BCUT2D eigenvalue weighted by Gasteiger charge is -2.32. The zero-order valence-corrected chi connectivity index (χ0v) is 19.7. The Labute approximate surface area is 213 Å². The third-order valence-corrected chi connectivity index (χ3v) is 5.70. The number of benzene rings is 2. The molecule has 0 aliphatic heterocycles. The van der Waals surface area contributed by atoms with Crippen molar-refractivity contribution in [2.24, 2.45) is 5.92 Å². The van der Waals surface area contributed by atoms with Crippen LogP contribution in [0.2, 0.25) is 0 Å². The van der Waals surface area contributed by atoms with E-state index in [1.807, 2.05) is 0 Å². The summed E-state index contributed by atoms with van der Waals surface area (Å²) in [6, 6.07) is 10.7. The molecule has 33 heavy (non-hydrogen) atoms. The zero-order chi connectivity index (χ0) is 33.0. The van der Waals surface area contributed by atoms with Crippen molar-refractivity contribution in [1.82, 2.24) is 4.90 Å². The molecule has 0 fully saturated rings. The number of likely N-dealkylation sites (N-methyl/N-ethyl adjacent to an activating group) is 1. The second-order valence-corrected chi connectivity index (χ2v) is 7.94. The minimum atomic E-state index is -2.92. The molecule has 0 aliphatic carbocycles. The Balaban J connectivity index is 2.37. The van der Waals surface area contributed by atoms with Gasteiger partial charge in [-0.05, 0) is 74.1 Å². The molecule has 6 nitrogen and oxygen atoms in total. The van der Waals surface area contributed by atoms with Crippen LogP contribution >= 0.6 is 0 Å². The largest absolute Gasteiger partial charge is 0.493 e. The highest BCUT2D eigenvalue weighted by Gasteiger charge is 2.36. The number of hydrogen-bond acceptors (Lipinski definition) is 6. The van der Waals surface area contributed by atoms with Crippen LogP contribution in [0, 0.1) is 17.2 Å². The average Bonchev–Trinajstić information content (AvgIpc) is 2.89. The SMILES string of the molecule is [2H]C([2H])([2H])Oc1ccc(C(C#N)(CCCN(C)C([2H])([2H])C([2H])([2H])c2ccc(OC)c(OC)c2)C(C)C)cc1OC([2H])([2H])[2H]. The highest BCUT2D eigenvalue weighted by Crippen LogP contribution is 2.40. The van der Waals surface area contributed by atoms with Crippen molar-refractivity contribution in [3.63, 3.8) is 0 Å². The maximum Gasteiger partial charge on any atom is 0.161 e. The van der Waals surface area contributed by atoms with Gasteiger partial charge in [0.05, 0.1) is 48.0 Å². The van der Waals surface area contributed by atoms with E-state index in [1.54, 1.807) is 13.8 Å². The molecule has 2 rings (SSSR count). The summed E-state index contributed by atoms with van der Waals surface area (Å²) in [7, 11) is -1.49. The second kappa shape index (κ2) is 12.4. The normalized spacial score (nSPS) is 19.0. The Morgan fingerprint density at radius 1 is 1.00 bits per heavy atom. The third-order valence-electron chi connectivity index (χ3n) is 5.70. The Bertz CT molecular complexity index is 1290. The van der Waals surface area contributed by atoms with E-state index in [4.69, 9.17) is 32.7 Å². The van der Waals surface area contributed by atoms with Crippen molar-refractivity contribution < 1.29 is 32.7 Å². The van der Waals surface area contributed by atoms with E-state index in [1.165, 1.54) is 62.6 Å². The third kappa shape index (κ3) is 6.33. The second-order valence-electron chi connectivity index (χ2n) is 7.94. The zero-order valence-electron chi connectivity index (χ0n) is 29.7. The molecule has 0 saturated heterocycles. The van der Waals surface area contributed by atoms with Crippen molar-refractivity contribution in [3.05, 3.63) is 47.5 Å². The van der Waals surface area contributed by atoms with E-state index in [9.17, 15) is 5.26 Å². The van der Waals surface area contributed by atoms with Crippen LogP contribution in [0.4, 0.5) is 0 Å². The van der Waals surface area contributed by atoms with Gasteiger partial charge < -0.3 is 23.8 Å². The van der Waals surface area contributed by atoms with E-state index in [0.717, 1.165) is 0 Å². The van der Waals surface area contributed by atoms with E-state index in [2.05, 4.69) is 6.07 Å². The summed E-state index contributed by atoms with van der Waals surface area (Å²) in [6.07, 6.45) is -2.02. The fraction of sp³-hybridized carbons (Fsp3) is 0.519. The standard InChI is InChI=1S/C27H38N2O4/c1-20(2)27(19-28,22-10-12-24(31-5)26(18-22)33-7)14-8-15-29(3)16-13-21-9-11-23(30-4)25(17-21)32-6/h9-12,17-18,20H,8,13-16H2,1-7H3/i5D3,7D3,13D2,16D2. The molecule has 0 radical (unpaired) electrons. The van der Waals surface area contributed by atoms with Crippen molar-refractivity contribution in [2.45, 2.75) is 38.5 Å². The van der Waals surface area contributed by atoms with E-state index in [0.29, 0.717) is 11.3 Å².